The van der Waals surface area contributed by atoms with Crippen molar-refractivity contribution < 1.29 is 19.4 Å². The summed E-state index contributed by atoms with van der Waals surface area (Å²) in [6, 6.07) is -0.617. The van der Waals surface area contributed by atoms with Crippen molar-refractivity contribution in [2.75, 3.05) is 13.2 Å². The Labute approximate surface area is 94.1 Å². The van der Waals surface area contributed by atoms with Crippen molar-refractivity contribution in [2.24, 2.45) is 5.73 Å². The zero-order valence-electron chi connectivity index (χ0n) is 9.15. The van der Waals surface area contributed by atoms with Crippen molar-refractivity contribution in [1.29, 1.82) is 0 Å². The molecule has 1 rings (SSSR count). The number of esters is 1. The molecule has 1 saturated heterocycles. The average Bonchev–Trinajstić information content (AvgIpc) is 2.75. The van der Waals surface area contributed by atoms with Gasteiger partial charge in [-0.2, -0.15) is 0 Å². The summed E-state index contributed by atoms with van der Waals surface area (Å²) in [5.41, 5.74) is 5.49. The number of nitrogens with two attached hydrogens (primary N) is 1. The Morgan fingerprint density at radius 3 is 2.88 bits per heavy atom. The number of carbonyl (C=O) groups is 2. The zero-order chi connectivity index (χ0) is 12.0. The maximum Gasteiger partial charge on any atom is 0.322 e. The smallest absolute Gasteiger partial charge is 0.322 e. The minimum Gasteiger partial charge on any atom is -0.481 e. The van der Waals surface area contributed by atoms with Gasteiger partial charge in [0.25, 0.3) is 0 Å². The van der Waals surface area contributed by atoms with E-state index in [-0.39, 0.29) is 18.9 Å². The van der Waals surface area contributed by atoms with Gasteiger partial charge >= 0.3 is 11.9 Å². The molecule has 16 heavy (non-hydrogen) atoms. The van der Waals surface area contributed by atoms with Gasteiger partial charge in [0.1, 0.15) is 12.6 Å². The lowest BCUT2D eigenvalue weighted by molar-refractivity contribution is -0.146. The molecule has 0 spiro atoms. The molecule has 1 heterocycles. The van der Waals surface area contributed by atoms with E-state index in [0.717, 1.165) is 19.4 Å². The number of carboxylic acid groups (broad SMARTS) is 1. The minimum absolute atomic E-state index is 0.113. The van der Waals surface area contributed by atoms with Gasteiger partial charge < -0.3 is 20.9 Å². The van der Waals surface area contributed by atoms with E-state index in [1.165, 1.54) is 0 Å². The van der Waals surface area contributed by atoms with Crippen molar-refractivity contribution in [3.05, 3.63) is 0 Å². The molecule has 0 amide bonds. The maximum absolute atomic E-state index is 11.3. The molecule has 1 unspecified atom stereocenters. The molecule has 92 valence electrons. The molecule has 0 bridgehead atoms. The number of ether oxygens (including phenoxy) is 1. The van der Waals surface area contributed by atoms with Crippen LogP contribution in [0.15, 0.2) is 0 Å². The Morgan fingerprint density at radius 1 is 1.56 bits per heavy atom. The second-order valence-electron chi connectivity index (χ2n) is 3.96. The maximum atomic E-state index is 11.3. The summed E-state index contributed by atoms with van der Waals surface area (Å²) in [7, 11) is 0. The third-order valence-corrected chi connectivity index (χ3v) is 2.56. The first-order chi connectivity index (χ1) is 7.59. The molecule has 0 radical (unpaired) electrons. The lowest BCUT2D eigenvalue weighted by atomic mass is 10.2. The molecule has 6 heteroatoms. The Bertz CT molecular complexity index is 251. The van der Waals surface area contributed by atoms with E-state index in [9.17, 15) is 9.59 Å². The highest BCUT2D eigenvalue weighted by atomic mass is 16.5. The highest BCUT2D eigenvalue weighted by molar-refractivity contribution is 5.76. The molecule has 0 aromatic heterocycles. The molecule has 0 aliphatic carbocycles. The zero-order valence-corrected chi connectivity index (χ0v) is 9.15. The Balaban J connectivity index is 2.15. The number of hydrogen-bond acceptors (Lipinski definition) is 5. The number of aliphatic carboxylic acids is 1. The van der Waals surface area contributed by atoms with E-state index >= 15 is 0 Å². The minimum atomic E-state index is -0.958. The largest absolute Gasteiger partial charge is 0.481 e. The number of carboxylic acids is 1. The van der Waals surface area contributed by atoms with Crippen molar-refractivity contribution in [3.63, 3.8) is 0 Å². The van der Waals surface area contributed by atoms with Crippen LogP contribution in [0.2, 0.25) is 0 Å². The fourth-order valence-electron chi connectivity index (χ4n) is 1.59. The van der Waals surface area contributed by atoms with Gasteiger partial charge in [-0.05, 0) is 25.8 Å². The van der Waals surface area contributed by atoms with Crippen molar-refractivity contribution in [3.8, 4) is 0 Å². The normalized spacial score (nSPS) is 21.7. The Hall–Kier alpha value is -1.14. The van der Waals surface area contributed by atoms with Crippen LogP contribution in [-0.4, -0.2) is 42.3 Å². The summed E-state index contributed by atoms with van der Waals surface area (Å²) in [4.78, 5) is 21.6. The van der Waals surface area contributed by atoms with Crippen LogP contribution in [-0.2, 0) is 14.3 Å². The summed E-state index contributed by atoms with van der Waals surface area (Å²) in [6.45, 7) is 1.27. The van der Waals surface area contributed by atoms with Gasteiger partial charge in [-0.15, -0.1) is 0 Å². The standard InChI is InChI=1S/C10H18N2O4/c11-8(3-4-9(13)14)10(15)16-6-7-2-1-5-12-7/h7-8,12H,1-6,11H2,(H,13,14)/t7-,8?/m0/s1. The second-order valence-corrected chi connectivity index (χ2v) is 3.96. The number of nitrogens with one attached hydrogen (secondary N) is 1. The summed E-state index contributed by atoms with van der Waals surface area (Å²) >= 11 is 0. The highest BCUT2D eigenvalue weighted by Crippen LogP contribution is 2.06. The van der Waals surface area contributed by atoms with E-state index in [4.69, 9.17) is 15.6 Å². The van der Waals surface area contributed by atoms with Crippen LogP contribution in [0.3, 0.4) is 0 Å². The SMILES string of the molecule is NC(CCC(=O)O)C(=O)OC[C@@H]1CCCN1. The summed E-state index contributed by atoms with van der Waals surface area (Å²) < 4.78 is 5.00. The van der Waals surface area contributed by atoms with Crippen LogP contribution in [0.5, 0.6) is 0 Å². The Kier molecular flexibility index (Phi) is 5.21. The molecule has 1 fully saturated rings. The van der Waals surface area contributed by atoms with Crippen molar-refractivity contribution in [1.82, 2.24) is 5.32 Å². The van der Waals surface area contributed by atoms with Crippen molar-refractivity contribution in [2.45, 2.75) is 37.8 Å². The quantitative estimate of drug-likeness (QED) is 0.530. The first kappa shape index (κ1) is 12.9. The van der Waals surface area contributed by atoms with Crippen LogP contribution in [0.1, 0.15) is 25.7 Å². The molecular formula is C10H18N2O4. The molecule has 4 N–H and O–H groups in total. The van der Waals surface area contributed by atoms with Gasteiger partial charge in [-0.25, -0.2) is 0 Å². The van der Waals surface area contributed by atoms with Gasteiger partial charge in [0, 0.05) is 12.5 Å². The van der Waals surface area contributed by atoms with E-state index in [0.29, 0.717) is 6.61 Å². The van der Waals surface area contributed by atoms with E-state index in [1.54, 1.807) is 0 Å². The Morgan fingerprint density at radius 2 is 2.31 bits per heavy atom. The van der Waals surface area contributed by atoms with E-state index in [1.807, 2.05) is 0 Å². The van der Waals surface area contributed by atoms with Crippen LogP contribution in [0.25, 0.3) is 0 Å². The summed E-state index contributed by atoms with van der Waals surface area (Å²) in [6.07, 6.45) is 2.09. The predicted molar refractivity (Wildman–Crippen MR) is 56.8 cm³/mol. The lowest BCUT2D eigenvalue weighted by Crippen LogP contribution is -2.36. The second kappa shape index (κ2) is 6.44. The molecule has 1 aliphatic rings. The van der Waals surface area contributed by atoms with Crippen LogP contribution in [0, 0.1) is 0 Å². The van der Waals surface area contributed by atoms with Crippen LogP contribution >= 0.6 is 0 Å². The topological polar surface area (TPSA) is 102 Å². The first-order valence-corrected chi connectivity index (χ1v) is 5.47. The molecular weight excluding hydrogens is 212 g/mol. The van der Waals surface area contributed by atoms with Gasteiger partial charge in [0.15, 0.2) is 0 Å². The van der Waals surface area contributed by atoms with Gasteiger partial charge in [0.2, 0.25) is 0 Å². The molecule has 1 aliphatic heterocycles. The predicted octanol–water partition coefficient (Wildman–Crippen LogP) is -0.526. The fourth-order valence-corrected chi connectivity index (χ4v) is 1.59. The van der Waals surface area contributed by atoms with Crippen LogP contribution in [0.4, 0.5) is 0 Å². The monoisotopic (exact) mass is 230 g/mol. The van der Waals surface area contributed by atoms with E-state index < -0.39 is 18.0 Å². The molecule has 6 nitrogen and oxygen atoms in total. The summed E-state index contributed by atoms with van der Waals surface area (Å²) in [5, 5.41) is 11.6. The first-order valence-electron chi connectivity index (χ1n) is 5.47. The van der Waals surface area contributed by atoms with Gasteiger partial charge in [-0.1, -0.05) is 0 Å². The highest BCUT2D eigenvalue weighted by Gasteiger charge is 2.20. The van der Waals surface area contributed by atoms with Crippen molar-refractivity contribution >= 4 is 11.9 Å². The molecule has 0 aromatic rings. The van der Waals surface area contributed by atoms with Crippen LogP contribution < -0.4 is 11.1 Å². The number of hydrogen-bond donors (Lipinski definition) is 3. The average molecular weight is 230 g/mol. The third-order valence-electron chi connectivity index (χ3n) is 2.56. The molecule has 2 atom stereocenters. The molecule has 0 saturated carbocycles. The number of carbonyl (C=O) groups excluding carboxylic acids is 1. The lowest BCUT2D eigenvalue weighted by Gasteiger charge is -2.13. The number of rotatable bonds is 6. The fraction of sp³-hybridized carbons (Fsp3) is 0.800. The van der Waals surface area contributed by atoms with Gasteiger partial charge in [0.05, 0.1) is 0 Å². The molecule has 0 aromatic carbocycles. The third kappa shape index (κ3) is 4.59. The van der Waals surface area contributed by atoms with Gasteiger partial charge in [-0.3, -0.25) is 9.59 Å². The summed E-state index contributed by atoms with van der Waals surface area (Å²) in [5.74, 6) is -1.48. The van der Waals surface area contributed by atoms with E-state index in [2.05, 4.69) is 5.32 Å².